The molecule has 3 aromatic heterocycles. The summed E-state index contributed by atoms with van der Waals surface area (Å²) >= 11 is 0. The number of benzene rings is 2. The van der Waals surface area contributed by atoms with Crippen LogP contribution in [-0.2, 0) is 10.0 Å². The standard InChI is InChI=1S/C32H38FN9O3S/c1-39-15-17-40(18-16-39)22-9-12-41(13-10-22)27-19-24(33)26(20-28(27)45-2)36-32-37-30-23(7-11-34-30)31(38-32)35-25-6-4-5-21-8-14-42(29(21)25)46(3,43)44/h4-8,11,14,19-20,22H,9-10,12-13,15-18H2,1-3H3,(H3,34,35,36,37,38). The van der Waals surface area contributed by atoms with E-state index >= 15 is 4.39 Å². The van der Waals surface area contributed by atoms with Gasteiger partial charge in [0.15, 0.2) is 0 Å². The predicted octanol–water partition coefficient (Wildman–Crippen LogP) is 4.57. The van der Waals surface area contributed by atoms with Gasteiger partial charge in [-0.25, -0.2) is 16.8 Å². The molecule has 0 atom stereocenters. The van der Waals surface area contributed by atoms with Gasteiger partial charge in [-0.1, -0.05) is 12.1 Å². The van der Waals surface area contributed by atoms with Crippen molar-refractivity contribution in [2.75, 3.05) is 75.2 Å². The molecule has 5 heterocycles. The molecule has 0 saturated carbocycles. The zero-order chi connectivity index (χ0) is 32.0. The molecule has 12 nitrogen and oxygen atoms in total. The van der Waals surface area contributed by atoms with Gasteiger partial charge in [-0.15, -0.1) is 0 Å². The molecular weight excluding hydrogens is 609 g/mol. The van der Waals surface area contributed by atoms with Gasteiger partial charge in [0.25, 0.3) is 0 Å². The van der Waals surface area contributed by atoms with E-state index in [4.69, 9.17) is 4.74 Å². The Kier molecular flexibility index (Phi) is 7.95. The smallest absolute Gasteiger partial charge is 0.236 e. The molecule has 5 aromatic rings. The van der Waals surface area contributed by atoms with Crippen LogP contribution in [0.5, 0.6) is 5.75 Å². The van der Waals surface area contributed by atoms with E-state index in [-0.39, 0.29) is 11.6 Å². The van der Waals surface area contributed by atoms with Crippen molar-refractivity contribution < 1.29 is 17.5 Å². The number of H-pyrrole nitrogens is 1. The molecule has 3 N–H and O–H groups in total. The van der Waals surface area contributed by atoms with Gasteiger partial charge in [0, 0.05) is 75.2 Å². The molecule has 0 amide bonds. The Balaban J connectivity index is 1.14. The van der Waals surface area contributed by atoms with Crippen LogP contribution in [0.15, 0.2) is 54.9 Å². The number of nitrogens with one attached hydrogen (secondary N) is 3. The summed E-state index contributed by atoms with van der Waals surface area (Å²) in [5.41, 5.74) is 2.48. The summed E-state index contributed by atoms with van der Waals surface area (Å²) in [6, 6.07) is 12.7. The van der Waals surface area contributed by atoms with Gasteiger partial charge < -0.3 is 30.2 Å². The highest BCUT2D eigenvalue weighted by Crippen LogP contribution is 2.37. The number of piperidine rings is 1. The lowest BCUT2D eigenvalue weighted by Crippen LogP contribution is -2.52. The van der Waals surface area contributed by atoms with Gasteiger partial charge in [0.1, 0.15) is 23.0 Å². The number of hydrogen-bond donors (Lipinski definition) is 3. The van der Waals surface area contributed by atoms with Crippen LogP contribution < -0.4 is 20.3 Å². The van der Waals surface area contributed by atoms with Crippen LogP contribution >= 0.6 is 0 Å². The summed E-state index contributed by atoms with van der Waals surface area (Å²) in [5, 5.41) is 7.78. The molecule has 2 fully saturated rings. The molecule has 242 valence electrons. The fourth-order valence-electron chi connectivity index (χ4n) is 6.59. The van der Waals surface area contributed by atoms with Crippen molar-refractivity contribution in [1.82, 2.24) is 28.7 Å². The number of nitrogens with zero attached hydrogens (tertiary/aromatic N) is 6. The van der Waals surface area contributed by atoms with Crippen molar-refractivity contribution in [1.29, 1.82) is 0 Å². The lowest BCUT2D eigenvalue weighted by Gasteiger charge is -2.42. The van der Waals surface area contributed by atoms with Gasteiger partial charge >= 0.3 is 0 Å². The average molecular weight is 648 g/mol. The lowest BCUT2D eigenvalue weighted by molar-refractivity contribution is 0.0981. The molecule has 2 aliphatic heterocycles. The summed E-state index contributed by atoms with van der Waals surface area (Å²) in [6.45, 7) is 6.04. The number of rotatable bonds is 8. The Bertz CT molecular complexity index is 1990. The number of anilines is 5. The third kappa shape index (κ3) is 5.83. The van der Waals surface area contributed by atoms with E-state index in [1.165, 1.54) is 16.2 Å². The SMILES string of the molecule is COc1cc(Nc2nc(Nc3cccc4ccn(S(C)(=O)=O)c34)c3cc[nH]c3n2)c(F)cc1N1CCC(N2CCN(C)CC2)CC1. The molecule has 0 unspecified atom stereocenters. The van der Waals surface area contributed by atoms with Gasteiger partial charge in [0.05, 0.1) is 41.3 Å². The van der Waals surface area contributed by atoms with E-state index in [2.05, 4.69) is 47.3 Å². The second-order valence-corrected chi connectivity index (χ2v) is 13.9. The van der Waals surface area contributed by atoms with Crippen LogP contribution in [-0.4, -0.2) is 103 Å². The fraction of sp³-hybridized carbons (Fsp3) is 0.375. The van der Waals surface area contributed by atoms with Crippen LogP contribution in [0, 0.1) is 5.82 Å². The normalized spacial score (nSPS) is 17.2. The summed E-state index contributed by atoms with van der Waals surface area (Å²) in [5.74, 6) is 0.700. The number of fused-ring (bicyclic) bond motifs is 2. The van der Waals surface area contributed by atoms with E-state index in [9.17, 15) is 8.42 Å². The number of methoxy groups -OCH3 is 1. The highest BCUT2D eigenvalue weighted by Gasteiger charge is 2.28. The molecule has 2 aromatic carbocycles. The van der Waals surface area contributed by atoms with E-state index in [1.54, 1.807) is 31.5 Å². The van der Waals surface area contributed by atoms with Crippen molar-refractivity contribution in [2.24, 2.45) is 0 Å². The fourth-order valence-corrected chi connectivity index (χ4v) is 7.41. The minimum Gasteiger partial charge on any atom is -0.495 e. The topological polar surface area (TPSA) is 124 Å². The minimum atomic E-state index is -3.55. The Morgan fingerprint density at radius 3 is 2.50 bits per heavy atom. The van der Waals surface area contributed by atoms with Crippen LogP contribution in [0.1, 0.15) is 12.8 Å². The van der Waals surface area contributed by atoms with Crippen LogP contribution in [0.25, 0.3) is 21.9 Å². The molecule has 0 bridgehead atoms. The quantitative estimate of drug-likeness (QED) is 0.221. The van der Waals surface area contributed by atoms with E-state index < -0.39 is 15.8 Å². The maximum absolute atomic E-state index is 15.7. The molecule has 2 aliphatic rings. The van der Waals surface area contributed by atoms with Crippen LogP contribution in [0.3, 0.4) is 0 Å². The average Bonchev–Trinajstić information content (AvgIpc) is 3.71. The van der Waals surface area contributed by atoms with Crippen molar-refractivity contribution in [3.63, 3.8) is 0 Å². The first-order valence-electron chi connectivity index (χ1n) is 15.4. The number of aromatic nitrogens is 4. The van der Waals surface area contributed by atoms with Crippen LogP contribution in [0.2, 0.25) is 0 Å². The molecule has 14 heteroatoms. The molecule has 0 radical (unpaired) electrons. The summed E-state index contributed by atoms with van der Waals surface area (Å²) in [4.78, 5) is 19.5. The first kappa shape index (κ1) is 30.3. The van der Waals surface area contributed by atoms with E-state index in [0.29, 0.717) is 39.8 Å². The van der Waals surface area contributed by atoms with Gasteiger partial charge in [-0.05, 0) is 38.1 Å². The summed E-state index contributed by atoms with van der Waals surface area (Å²) in [6.07, 6.45) is 6.47. The second-order valence-electron chi connectivity index (χ2n) is 12.1. The molecule has 46 heavy (non-hydrogen) atoms. The molecule has 2 saturated heterocycles. The second kappa shape index (κ2) is 12.1. The lowest BCUT2D eigenvalue weighted by atomic mass is 10.0. The first-order chi connectivity index (χ1) is 22.2. The number of halogens is 1. The van der Waals surface area contributed by atoms with E-state index in [0.717, 1.165) is 69.4 Å². The minimum absolute atomic E-state index is 0.157. The zero-order valence-electron chi connectivity index (χ0n) is 26.1. The van der Waals surface area contributed by atoms with Crippen molar-refractivity contribution in [3.05, 3.63) is 60.7 Å². The van der Waals surface area contributed by atoms with Crippen LogP contribution in [0.4, 0.5) is 33.2 Å². The highest BCUT2D eigenvalue weighted by atomic mass is 32.2. The summed E-state index contributed by atoms with van der Waals surface area (Å²) in [7, 11) is 0.211. The molecule has 0 aliphatic carbocycles. The highest BCUT2D eigenvalue weighted by molar-refractivity contribution is 7.89. The third-order valence-corrected chi connectivity index (χ3v) is 10.1. The Hall–Kier alpha value is -4.40. The predicted molar refractivity (Wildman–Crippen MR) is 180 cm³/mol. The van der Waals surface area contributed by atoms with Gasteiger partial charge in [0.2, 0.25) is 16.0 Å². The zero-order valence-corrected chi connectivity index (χ0v) is 26.9. The first-order valence-corrected chi connectivity index (χ1v) is 17.3. The third-order valence-electron chi connectivity index (χ3n) is 9.08. The summed E-state index contributed by atoms with van der Waals surface area (Å²) < 4.78 is 47.7. The number of aromatic amines is 1. The number of para-hydroxylation sites is 1. The molecule has 7 rings (SSSR count). The Morgan fingerprint density at radius 1 is 0.978 bits per heavy atom. The maximum atomic E-state index is 15.7. The largest absolute Gasteiger partial charge is 0.495 e. The molecular formula is C32H38FN9O3S. The maximum Gasteiger partial charge on any atom is 0.236 e. The van der Waals surface area contributed by atoms with Crippen molar-refractivity contribution in [2.45, 2.75) is 18.9 Å². The number of piperazine rings is 1. The monoisotopic (exact) mass is 647 g/mol. The van der Waals surface area contributed by atoms with Gasteiger partial charge in [-0.3, -0.25) is 4.90 Å². The van der Waals surface area contributed by atoms with Crippen molar-refractivity contribution in [3.8, 4) is 5.75 Å². The van der Waals surface area contributed by atoms with Gasteiger partial charge in [-0.2, -0.15) is 9.97 Å². The molecule has 0 spiro atoms. The van der Waals surface area contributed by atoms with Crippen molar-refractivity contribution >= 4 is 60.8 Å². The number of likely N-dealkylation sites (N-methyl/N-ethyl adjacent to an activating group) is 1. The number of ether oxygens (including phenoxy) is 1. The van der Waals surface area contributed by atoms with E-state index in [1.807, 2.05) is 18.2 Å². The Morgan fingerprint density at radius 2 is 1.76 bits per heavy atom. The Labute approximate surface area is 267 Å². The number of hydrogen-bond acceptors (Lipinski definition) is 10.